The number of halogens is 4. The first-order valence-electron chi connectivity index (χ1n) is 4.32. The van der Waals surface area contributed by atoms with E-state index in [1.165, 1.54) is 12.1 Å². The van der Waals surface area contributed by atoms with Crippen molar-refractivity contribution in [3.8, 4) is 0 Å². The average molecular weight is 312 g/mol. The van der Waals surface area contributed by atoms with E-state index < -0.39 is 11.7 Å². The quantitative estimate of drug-likeness (QED) is 0.499. The van der Waals surface area contributed by atoms with Gasteiger partial charge in [0.25, 0.3) is 0 Å². The Balaban J connectivity index is 2.45. The fourth-order valence-corrected chi connectivity index (χ4v) is 2.62. The monoisotopic (exact) mass is 312 g/mol. The minimum absolute atomic E-state index is 0.241. The zero-order valence-electron chi connectivity index (χ0n) is 7.24. The summed E-state index contributed by atoms with van der Waals surface area (Å²) in [6, 6.07) is 4.07. The highest BCUT2D eigenvalue weighted by Crippen LogP contribution is 2.40. The summed E-state index contributed by atoms with van der Waals surface area (Å²) < 4.78 is 37.4. The van der Waals surface area contributed by atoms with Gasteiger partial charge in [-0.3, -0.25) is 0 Å². The number of hydrogen-bond acceptors (Lipinski definition) is 0. The molecule has 1 aliphatic rings. The van der Waals surface area contributed by atoms with Crippen LogP contribution in [0.3, 0.4) is 0 Å². The van der Waals surface area contributed by atoms with Crippen molar-refractivity contribution >= 4 is 22.6 Å². The summed E-state index contributed by atoms with van der Waals surface area (Å²) in [4.78, 5) is 0. The van der Waals surface area contributed by atoms with Gasteiger partial charge in [-0.25, -0.2) is 0 Å². The maximum absolute atomic E-state index is 12.4. The largest absolute Gasteiger partial charge is 0.416 e. The Morgan fingerprint density at radius 3 is 2.64 bits per heavy atom. The van der Waals surface area contributed by atoms with Crippen LogP contribution in [0, 0.1) is 0 Å². The molecule has 14 heavy (non-hydrogen) atoms. The van der Waals surface area contributed by atoms with Crippen LogP contribution in [-0.2, 0) is 12.6 Å². The molecule has 4 heteroatoms. The van der Waals surface area contributed by atoms with Crippen molar-refractivity contribution in [2.45, 2.75) is 22.9 Å². The van der Waals surface area contributed by atoms with Gasteiger partial charge in [0.1, 0.15) is 0 Å². The Kier molecular flexibility index (Phi) is 2.49. The molecule has 0 radical (unpaired) electrons. The third-order valence-electron chi connectivity index (χ3n) is 2.48. The molecule has 1 aromatic carbocycles. The summed E-state index contributed by atoms with van der Waals surface area (Å²) in [6.07, 6.45) is -2.35. The molecule has 76 valence electrons. The van der Waals surface area contributed by atoms with Crippen LogP contribution in [0.15, 0.2) is 18.2 Å². The van der Waals surface area contributed by atoms with Gasteiger partial charge in [-0.15, -0.1) is 0 Å². The zero-order valence-corrected chi connectivity index (χ0v) is 9.39. The number of hydrogen-bond donors (Lipinski definition) is 0. The lowest BCUT2D eigenvalue weighted by molar-refractivity contribution is -0.137. The van der Waals surface area contributed by atoms with E-state index in [-0.39, 0.29) is 3.92 Å². The molecule has 0 fully saturated rings. The van der Waals surface area contributed by atoms with E-state index in [2.05, 4.69) is 22.6 Å². The molecular formula is C10H8F3I. The van der Waals surface area contributed by atoms with Crippen molar-refractivity contribution in [2.75, 3.05) is 0 Å². The van der Waals surface area contributed by atoms with Crippen LogP contribution < -0.4 is 0 Å². The van der Waals surface area contributed by atoms with E-state index in [0.717, 1.165) is 24.0 Å². The molecule has 1 atom stereocenters. The molecule has 1 unspecified atom stereocenters. The van der Waals surface area contributed by atoms with Crippen LogP contribution in [0.5, 0.6) is 0 Å². The average Bonchev–Trinajstić information content (AvgIpc) is 2.46. The molecule has 0 saturated carbocycles. The van der Waals surface area contributed by atoms with E-state index in [0.29, 0.717) is 0 Å². The number of alkyl halides is 4. The van der Waals surface area contributed by atoms with E-state index in [1.807, 2.05) is 0 Å². The van der Waals surface area contributed by atoms with Crippen LogP contribution in [0.2, 0.25) is 0 Å². The second-order valence-corrected chi connectivity index (χ2v) is 4.92. The minimum Gasteiger partial charge on any atom is -0.166 e. The molecule has 0 amide bonds. The molecule has 0 aromatic heterocycles. The lowest BCUT2D eigenvalue weighted by atomic mass is 10.1. The van der Waals surface area contributed by atoms with Gasteiger partial charge in [0, 0.05) is 3.92 Å². The van der Waals surface area contributed by atoms with Gasteiger partial charge < -0.3 is 0 Å². The maximum atomic E-state index is 12.4. The van der Waals surface area contributed by atoms with Crippen LogP contribution in [0.4, 0.5) is 13.2 Å². The predicted molar refractivity (Wildman–Crippen MR) is 56.5 cm³/mol. The summed E-state index contributed by atoms with van der Waals surface area (Å²) in [7, 11) is 0. The molecule has 0 spiro atoms. The fraction of sp³-hybridized carbons (Fsp3) is 0.400. The van der Waals surface area contributed by atoms with Crippen LogP contribution in [-0.4, -0.2) is 0 Å². The third kappa shape index (κ3) is 1.76. The van der Waals surface area contributed by atoms with Crippen LogP contribution in [0.1, 0.15) is 27.0 Å². The van der Waals surface area contributed by atoms with Crippen molar-refractivity contribution < 1.29 is 13.2 Å². The summed E-state index contributed by atoms with van der Waals surface area (Å²) >= 11 is 2.20. The van der Waals surface area contributed by atoms with Crippen molar-refractivity contribution in [3.05, 3.63) is 34.9 Å². The van der Waals surface area contributed by atoms with Gasteiger partial charge in [0.15, 0.2) is 0 Å². The van der Waals surface area contributed by atoms with Crippen molar-refractivity contribution in [1.29, 1.82) is 0 Å². The Labute approximate surface area is 93.6 Å². The molecule has 0 bridgehead atoms. The SMILES string of the molecule is FC(F)(F)c1ccc2c(c1)C(I)CC2. The van der Waals surface area contributed by atoms with Gasteiger partial charge in [0.2, 0.25) is 0 Å². The number of rotatable bonds is 0. The molecular weight excluding hydrogens is 304 g/mol. The second kappa shape index (κ2) is 3.40. The summed E-state index contributed by atoms with van der Waals surface area (Å²) in [6.45, 7) is 0. The highest BCUT2D eigenvalue weighted by molar-refractivity contribution is 14.1. The first kappa shape index (κ1) is 10.3. The molecule has 0 nitrogen and oxygen atoms in total. The standard InChI is InChI=1S/C10H8F3I/c11-10(12,13)7-3-1-6-2-4-9(14)8(6)5-7/h1,3,5,9H,2,4H2. The lowest BCUT2D eigenvalue weighted by Gasteiger charge is -2.09. The first-order valence-corrected chi connectivity index (χ1v) is 5.57. The molecule has 1 aromatic rings. The molecule has 0 aliphatic heterocycles. The van der Waals surface area contributed by atoms with E-state index in [9.17, 15) is 13.2 Å². The van der Waals surface area contributed by atoms with Crippen molar-refractivity contribution in [3.63, 3.8) is 0 Å². The summed E-state index contributed by atoms with van der Waals surface area (Å²) in [5.74, 6) is 0. The zero-order chi connectivity index (χ0) is 10.3. The number of benzene rings is 1. The van der Waals surface area contributed by atoms with E-state index in [1.54, 1.807) is 6.07 Å². The topological polar surface area (TPSA) is 0 Å². The van der Waals surface area contributed by atoms with Gasteiger partial charge in [-0.1, -0.05) is 28.7 Å². The fourth-order valence-electron chi connectivity index (χ4n) is 1.73. The second-order valence-electron chi connectivity index (χ2n) is 3.42. The van der Waals surface area contributed by atoms with Gasteiger partial charge >= 0.3 is 6.18 Å². The highest BCUT2D eigenvalue weighted by atomic mass is 127. The molecule has 2 rings (SSSR count). The summed E-state index contributed by atoms with van der Waals surface area (Å²) in [5, 5.41) is 0. The van der Waals surface area contributed by atoms with Gasteiger partial charge in [0.05, 0.1) is 5.56 Å². The molecule has 0 saturated heterocycles. The van der Waals surface area contributed by atoms with Crippen LogP contribution >= 0.6 is 22.6 Å². The first-order chi connectivity index (χ1) is 6.48. The Bertz CT molecular complexity index is 357. The number of aryl methyl sites for hydroxylation is 1. The number of fused-ring (bicyclic) bond motifs is 1. The lowest BCUT2D eigenvalue weighted by Crippen LogP contribution is -2.05. The van der Waals surface area contributed by atoms with Crippen LogP contribution in [0.25, 0.3) is 0 Å². The smallest absolute Gasteiger partial charge is 0.166 e. The molecule has 0 heterocycles. The Morgan fingerprint density at radius 2 is 2.00 bits per heavy atom. The van der Waals surface area contributed by atoms with Crippen molar-refractivity contribution in [1.82, 2.24) is 0 Å². The van der Waals surface area contributed by atoms with Gasteiger partial charge in [-0.2, -0.15) is 13.2 Å². The summed E-state index contributed by atoms with van der Waals surface area (Å²) in [5.41, 5.74) is 1.40. The van der Waals surface area contributed by atoms with E-state index >= 15 is 0 Å². The van der Waals surface area contributed by atoms with E-state index in [4.69, 9.17) is 0 Å². The normalized spacial score (nSPS) is 21.0. The Hall–Kier alpha value is -0.260. The maximum Gasteiger partial charge on any atom is 0.416 e. The van der Waals surface area contributed by atoms with Gasteiger partial charge in [-0.05, 0) is 36.1 Å². The Morgan fingerprint density at radius 1 is 1.29 bits per heavy atom. The minimum atomic E-state index is -4.21. The molecule has 0 N–H and O–H groups in total. The van der Waals surface area contributed by atoms with Crippen molar-refractivity contribution in [2.24, 2.45) is 0 Å². The molecule has 1 aliphatic carbocycles. The predicted octanol–water partition coefficient (Wildman–Crippen LogP) is 4.13. The third-order valence-corrected chi connectivity index (χ3v) is 3.77. The highest BCUT2D eigenvalue weighted by Gasteiger charge is 2.32.